The van der Waals surface area contributed by atoms with Gasteiger partial charge in [-0.15, -0.1) is 0 Å². The molecule has 2 unspecified atom stereocenters. The fraction of sp³-hybridized carbons (Fsp3) is 0.467. The molecule has 0 aliphatic carbocycles. The van der Waals surface area contributed by atoms with Crippen LogP contribution in [-0.4, -0.2) is 22.5 Å². The molecule has 0 aromatic heterocycles. The maximum atomic E-state index is 12.2. The molecule has 0 saturated heterocycles. The summed E-state index contributed by atoms with van der Waals surface area (Å²) in [7, 11) is 0. The highest BCUT2D eigenvalue weighted by Gasteiger charge is 2.30. The molecule has 0 aliphatic rings. The van der Waals surface area contributed by atoms with Gasteiger partial charge in [0.15, 0.2) is 0 Å². The number of hydrogen-bond donors (Lipinski definition) is 3. The minimum Gasteiger partial charge on any atom is -0.481 e. The Labute approximate surface area is 119 Å². The van der Waals surface area contributed by atoms with Gasteiger partial charge in [0.1, 0.15) is 0 Å². The Kier molecular flexibility index (Phi) is 5.70. The van der Waals surface area contributed by atoms with Gasteiger partial charge in [-0.2, -0.15) is 0 Å². The molecule has 1 amide bonds. The van der Waals surface area contributed by atoms with E-state index in [4.69, 9.17) is 10.8 Å². The van der Waals surface area contributed by atoms with Crippen LogP contribution in [0.25, 0.3) is 0 Å². The van der Waals surface area contributed by atoms with Gasteiger partial charge in [-0.1, -0.05) is 43.7 Å². The van der Waals surface area contributed by atoms with Crippen molar-refractivity contribution in [2.45, 2.75) is 44.7 Å². The number of carboxylic acid groups (broad SMARTS) is 1. The maximum absolute atomic E-state index is 12.2. The van der Waals surface area contributed by atoms with Crippen molar-refractivity contribution in [1.82, 2.24) is 5.32 Å². The standard InChI is InChI=1S/C15H22N2O3/c1-3-9-15(2,16)14(20)17-12(10-13(18)19)11-7-5-4-6-8-11/h4-8,12H,3,9-10,16H2,1-2H3,(H,17,20)(H,18,19). The highest BCUT2D eigenvalue weighted by molar-refractivity contribution is 5.86. The first-order valence-electron chi connectivity index (χ1n) is 6.73. The lowest BCUT2D eigenvalue weighted by Crippen LogP contribution is -2.52. The normalized spacial score (nSPS) is 15.2. The van der Waals surface area contributed by atoms with Gasteiger partial charge in [0.2, 0.25) is 5.91 Å². The second-order valence-electron chi connectivity index (χ2n) is 5.20. The summed E-state index contributed by atoms with van der Waals surface area (Å²) in [5.74, 6) is -1.29. The Bertz CT molecular complexity index is 457. The first-order valence-corrected chi connectivity index (χ1v) is 6.73. The topological polar surface area (TPSA) is 92.4 Å². The quantitative estimate of drug-likeness (QED) is 0.709. The summed E-state index contributed by atoms with van der Waals surface area (Å²) in [6.45, 7) is 3.61. The minimum absolute atomic E-state index is 0.169. The van der Waals surface area contributed by atoms with E-state index in [2.05, 4.69) is 5.32 Å². The molecule has 20 heavy (non-hydrogen) atoms. The molecule has 0 spiro atoms. The number of nitrogens with one attached hydrogen (secondary N) is 1. The minimum atomic E-state index is -0.986. The summed E-state index contributed by atoms with van der Waals surface area (Å²) < 4.78 is 0. The second kappa shape index (κ2) is 7.05. The number of carbonyl (C=O) groups is 2. The van der Waals surface area contributed by atoms with Gasteiger partial charge in [0, 0.05) is 0 Å². The van der Waals surface area contributed by atoms with E-state index in [9.17, 15) is 9.59 Å². The lowest BCUT2D eigenvalue weighted by atomic mass is 9.95. The van der Waals surface area contributed by atoms with Crippen LogP contribution in [0.5, 0.6) is 0 Å². The molecule has 1 aromatic rings. The summed E-state index contributed by atoms with van der Waals surface area (Å²) in [5.41, 5.74) is 5.74. The van der Waals surface area contributed by atoms with Crippen molar-refractivity contribution in [3.8, 4) is 0 Å². The van der Waals surface area contributed by atoms with Gasteiger partial charge in [-0.05, 0) is 18.9 Å². The van der Waals surface area contributed by atoms with Crippen molar-refractivity contribution in [2.75, 3.05) is 0 Å². The van der Waals surface area contributed by atoms with E-state index in [0.717, 1.165) is 12.0 Å². The second-order valence-corrected chi connectivity index (χ2v) is 5.20. The summed E-state index contributed by atoms with van der Waals surface area (Å²) in [6, 6.07) is 8.48. The Morgan fingerprint density at radius 2 is 1.95 bits per heavy atom. The lowest BCUT2D eigenvalue weighted by Gasteiger charge is -2.26. The number of amides is 1. The number of carbonyl (C=O) groups excluding carboxylic acids is 1. The average molecular weight is 278 g/mol. The number of rotatable bonds is 7. The number of hydrogen-bond acceptors (Lipinski definition) is 3. The zero-order valence-corrected chi connectivity index (χ0v) is 11.9. The predicted molar refractivity (Wildman–Crippen MR) is 77.1 cm³/mol. The van der Waals surface area contributed by atoms with Gasteiger partial charge >= 0.3 is 5.97 Å². The van der Waals surface area contributed by atoms with E-state index in [1.165, 1.54) is 0 Å². The number of aliphatic carboxylic acids is 1. The summed E-state index contributed by atoms with van der Waals surface area (Å²) >= 11 is 0. The zero-order chi connectivity index (χ0) is 15.2. The molecule has 5 nitrogen and oxygen atoms in total. The molecule has 0 aliphatic heterocycles. The molecule has 0 radical (unpaired) electrons. The van der Waals surface area contributed by atoms with Gasteiger partial charge in [0.05, 0.1) is 18.0 Å². The molecule has 4 N–H and O–H groups in total. The molecule has 110 valence electrons. The van der Waals surface area contributed by atoms with Crippen LogP contribution in [0.4, 0.5) is 0 Å². The molecule has 5 heteroatoms. The van der Waals surface area contributed by atoms with E-state index < -0.39 is 17.6 Å². The van der Waals surface area contributed by atoms with E-state index in [1.807, 2.05) is 25.1 Å². The van der Waals surface area contributed by atoms with E-state index >= 15 is 0 Å². The molecule has 1 rings (SSSR count). The number of nitrogens with two attached hydrogens (primary N) is 1. The number of carboxylic acids is 1. The molecule has 0 bridgehead atoms. The maximum Gasteiger partial charge on any atom is 0.305 e. The van der Waals surface area contributed by atoms with Crippen molar-refractivity contribution < 1.29 is 14.7 Å². The molecule has 0 fully saturated rings. The van der Waals surface area contributed by atoms with Crippen LogP contribution in [0.2, 0.25) is 0 Å². The monoisotopic (exact) mass is 278 g/mol. The van der Waals surface area contributed by atoms with Crippen LogP contribution < -0.4 is 11.1 Å². The van der Waals surface area contributed by atoms with Gasteiger partial charge in [-0.25, -0.2) is 0 Å². The molecule has 0 heterocycles. The van der Waals surface area contributed by atoms with Crippen LogP contribution >= 0.6 is 0 Å². The number of benzene rings is 1. The molecular weight excluding hydrogens is 256 g/mol. The Morgan fingerprint density at radius 3 is 2.45 bits per heavy atom. The molecule has 2 atom stereocenters. The largest absolute Gasteiger partial charge is 0.481 e. The Hall–Kier alpha value is -1.88. The average Bonchev–Trinajstić information content (AvgIpc) is 2.38. The predicted octanol–water partition coefficient (Wildman–Crippen LogP) is 1.84. The van der Waals surface area contributed by atoms with E-state index in [-0.39, 0.29) is 12.3 Å². The van der Waals surface area contributed by atoms with E-state index in [0.29, 0.717) is 6.42 Å². The molecule has 0 saturated carbocycles. The molecule has 1 aromatic carbocycles. The third kappa shape index (κ3) is 4.66. The van der Waals surface area contributed by atoms with Crippen LogP contribution in [0, 0.1) is 0 Å². The van der Waals surface area contributed by atoms with Gasteiger partial charge in [-0.3, -0.25) is 9.59 Å². The highest BCUT2D eigenvalue weighted by atomic mass is 16.4. The summed E-state index contributed by atoms with van der Waals surface area (Å²) in [6.07, 6.45) is 1.17. The van der Waals surface area contributed by atoms with Crippen LogP contribution in [0.15, 0.2) is 30.3 Å². The third-order valence-corrected chi connectivity index (χ3v) is 3.17. The Morgan fingerprint density at radius 1 is 1.35 bits per heavy atom. The summed E-state index contributed by atoms with van der Waals surface area (Å²) in [5, 5.41) is 11.7. The van der Waals surface area contributed by atoms with E-state index in [1.54, 1.807) is 19.1 Å². The van der Waals surface area contributed by atoms with Gasteiger partial charge < -0.3 is 16.2 Å². The van der Waals surface area contributed by atoms with Crippen molar-refractivity contribution in [2.24, 2.45) is 5.73 Å². The van der Waals surface area contributed by atoms with Crippen molar-refractivity contribution in [3.05, 3.63) is 35.9 Å². The van der Waals surface area contributed by atoms with Crippen LogP contribution in [-0.2, 0) is 9.59 Å². The SMILES string of the molecule is CCCC(C)(N)C(=O)NC(CC(=O)O)c1ccccc1. The fourth-order valence-corrected chi connectivity index (χ4v) is 2.07. The van der Waals surface area contributed by atoms with Crippen LogP contribution in [0.3, 0.4) is 0 Å². The first kappa shape index (κ1) is 16.2. The molecular formula is C15H22N2O3. The fourth-order valence-electron chi connectivity index (χ4n) is 2.07. The lowest BCUT2D eigenvalue weighted by molar-refractivity contribution is -0.138. The Balaban J connectivity index is 2.86. The van der Waals surface area contributed by atoms with Crippen molar-refractivity contribution in [1.29, 1.82) is 0 Å². The zero-order valence-electron chi connectivity index (χ0n) is 11.9. The van der Waals surface area contributed by atoms with Crippen LogP contribution in [0.1, 0.15) is 44.7 Å². The highest BCUT2D eigenvalue weighted by Crippen LogP contribution is 2.18. The smallest absolute Gasteiger partial charge is 0.305 e. The van der Waals surface area contributed by atoms with Gasteiger partial charge in [0.25, 0.3) is 0 Å². The van der Waals surface area contributed by atoms with Crippen molar-refractivity contribution >= 4 is 11.9 Å². The third-order valence-electron chi connectivity index (χ3n) is 3.17. The first-order chi connectivity index (χ1) is 9.36. The van der Waals surface area contributed by atoms with Crippen molar-refractivity contribution in [3.63, 3.8) is 0 Å². The summed E-state index contributed by atoms with van der Waals surface area (Å²) in [4.78, 5) is 23.1.